The smallest absolute Gasteiger partial charge is 0.383 e. The summed E-state index contributed by atoms with van der Waals surface area (Å²) in [4.78, 5) is 14.6. The van der Waals surface area contributed by atoms with Gasteiger partial charge in [0.05, 0.1) is 35.3 Å². The number of halogens is 3. The van der Waals surface area contributed by atoms with E-state index in [1.165, 1.54) is 23.0 Å². The predicted molar refractivity (Wildman–Crippen MR) is 96.0 cm³/mol. The predicted octanol–water partition coefficient (Wildman–Crippen LogP) is 4.09. The molecule has 1 aromatic heterocycles. The molecule has 0 radical (unpaired) electrons. The van der Waals surface area contributed by atoms with E-state index in [-0.39, 0.29) is 11.6 Å². The number of ether oxygens (including phenoxy) is 1. The van der Waals surface area contributed by atoms with Crippen LogP contribution in [0.2, 0.25) is 0 Å². The molecule has 0 unspecified atom stereocenters. The number of rotatable bonds is 8. The van der Waals surface area contributed by atoms with Gasteiger partial charge in [-0.15, -0.1) is 0 Å². The van der Waals surface area contributed by atoms with Gasteiger partial charge in [0.2, 0.25) is 0 Å². The summed E-state index contributed by atoms with van der Waals surface area (Å²) in [6.07, 6.45) is -1.23. The maximum Gasteiger partial charge on any atom is 0.416 e. The van der Waals surface area contributed by atoms with Gasteiger partial charge in [0.15, 0.2) is 0 Å². The Morgan fingerprint density at radius 1 is 1.30 bits per heavy atom. The van der Waals surface area contributed by atoms with Crippen LogP contribution < -0.4 is 0 Å². The van der Waals surface area contributed by atoms with E-state index in [2.05, 4.69) is 5.10 Å². The van der Waals surface area contributed by atoms with E-state index in [1.807, 2.05) is 6.92 Å². The Hall–Kier alpha value is -2.35. The second-order valence-corrected chi connectivity index (χ2v) is 6.24. The van der Waals surface area contributed by atoms with Crippen LogP contribution in [-0.2, 0) is 10.9 Å². The summed E-state index contributed by atoms with van der Waals surface area (Å²) >= 11 is 0. The van der Waals surface area contributed by atoms with E-state index >= 15 is 0 Å². The van der Waals surface area contributed by atoms with Gasteiger partial charge < -0.3 is 9.64 Å². The summed E-state index contributed by atoms with van der Waals surface area (Å²) in [6.45, 7) is 5.16. The van der Waals surface area contributed by atoms with Crippen LogP contribution in [0.4, 0.5) is 13.2 Å². The molecule has 1 aromatic carbocycles. The molecular formula is C19H24F3N3O2. The molecular weight excluding hydrogens is 359 g/mol. The number of nitrogens with zero attached hydrogens (tertiary/aromatic N) is 3. The highest BCUT2D eigenvalue weighted by Gasteiger charge is 2.31. The minimum Gasteiger partial charge on any atom is -0.383 e. The lowest BCUT2D eigenvalue weighted by Gasteiger charge is -2.22. The highest BCUT2D eigenvalue weighted by Crippen LogP contribution is 2.30. The van der Waals surface area contributed by atoms with Gasteiger partial charge in [-0.1, -0.05) is 19.4 Å². The van der Waals surface area contributed by atoms with Crippen LogP contribution in [0.5, 0.6) is 0 Å². The van der Waals surface area contributed by atoms with Gasteiger partial charge in [-0.25, -0.2) is 4.68 Å². The summed E-state index contributed by atoms with van der Waals surface area (Å²) in [6, 6.07) is 4.88. The van der Waals surface area contributed by atoms with Crippen molar-refractivity contribution >= 4 is 5.91 Å². The third-order valence-electron chi connectivity index (χ3n) is 4.29. The molecule has 0 saturated carbocycles. The zero-order valence-electron chi connectivity index (χ0n) is 15.7. The third kappa shape index (κ3) is 5.09. The van der Waals surface area contributed by atoms with Crippen molar-refractivity contribution in [2.24, 2.45) is 0 Å². The number of hydrogen-bond donors (Lipinski definition) is 0. The molecule has 0 aliphatic carbocycles. The number of hydrogen-bond acceptors (Lipinski definition) is 3. The largest absolute Gasteiger partial charge is 0.416 e. The van der Waals surface area contributed by atoms with Crippen molar-refractivity contribution in [2.45, 2.75) is 32.9 Å². The van der Waals surface area contributed by atoms with Crippen LogP contribution in [0, 0.1) is 6.92 Å². The van der Waals surface area contributed by atoms with E-state index in [9.17, 15) is 18.0 Å². The lowest BCUT2D eigenvalue weighted by molar-refractivity contribution is -0.137. The molecule has 27 heavy (non-hydrogen) atoms. The zero-order chi connectivity index (χ0) is 20.0. The van der Waals surface area contributed by atoms with Crippen LogP contribution in [0.1, 0.15) is 41.4 Å². The number of amides is 1. The normalized spacial score (nSPS) is 11.6. The van der Waals surface area contributed by atoms with Gasteiger partial charge >= 0.3 is 6.18 Å². The van der Waals surface area contributed by atoms with Crippen LogP contribution in [0.25, 0.3) is 5.69 Å². The first kappa shape index (κ1) is 21.0. The monoisotopic (exact) mass is 383 g/mol. The fourth-order valence-electron chi connectivity index (χ4n) is 2.73. The maximum atomic E-state index is 13.0. The second kappa shape index (κ2) is 9.03. The van der Waals surface area contributed by atoms with Gasteiger partial charge in [-0.3, -0.25) is 4.79 Å². The summed E-state index contributed by atoms with van der Waals surface area (Å²) in [5, 5.41) is 4.14. The Morgan fingerprint density at radius 2 is 2.04 bits per heavy atom. The summed E-state index contributed by atoms with van der Waals surface area (Å²) in [5.74, 6) is -0.198. The van der Waals surface area contributed by atoms with E-state index in [1.54, 1.807) is 18.9 Å². The molecule has 0 aliphatic rings. The minimum absolute atomic E-state index is 0.198. The van der Waals surface area contributed by atoms with Gasteiger partial charge in [0.1, 0.15) is 0 Å². The quantitative estimate of drug-likeness (QED) is 0.690. The topological polar surface area (TPSA) is 47.4 Å². The molecule has 1 heterocycles. The van der Waals surface area contributed by atoms with Gasteiger partial charge in [-0.2, -0.15) is 18.3 Å². The Bertz CT molecular complexity index is 764. The highest BCUT2D eigenvalue weighted by molar-refractivity contribution is 5.95. The van der Waals surface area contributed by atoms with Crippen molar-refractivity contribution in [2.75, 3.05) is 26.8 Å². The van der Waals surface area contributed by atoms with Gasteiger partial charge in [0.25, 0.3) is 5.91 Å². The molecule has 0 aliphatic heterocycles. The molecule has 1 amide bonds. The first-order valence-electron chi connectivity index (χ1n) is 8.80. The van der Waals surface area contributed by atoms with E-state index in [0.717, 1.165) is 25.0 Å². The average molecular weight is 383 g/mol. The molecule has 5 nitrogen and oxygen atoms in total. The van der Waals surface area contributed by atoms with Crippen LogP contribution in [0.15, 0.2) is 30.5 Å². The molecule has 0 N–H and O–H groups in total. The first-order chi connectivity index (χ1) is 12.8. The van der Waals surface area contributed by atoms with Crippen molar-refractivity contribution in [3.8, 4) is 5.69 Å². The second-order valence-electron chi connectivity index (χ2n) is 6.24. The standard InChI is InChI=1S/C19H24F3N3O2/c1-4-5-9-24(10-11-27-3)18(26)17-13-23-25(14(17)2)16-8-6-7-15(12-16)19(20,21)22/h6-8,12-13H,4-5,9-11H2,1-3H3. The molecule has 0 spiro atoms. The molecule has 0 bridgehead atoms. The Morgan fingerprint density at radius 3 is 2.67 bits per heavy atom. The molecule has 8 heteroatoms. The number of unbranched alkanes of at least 4 members (excludes halogenated alkanes) is 1. The SMILES string of the molecule is CCCCN(CCOC)C(=O)c1cnn(-c2cccc(C(F)(F)F)c2)c1C. The number of aromatic nitrogens is 2. The zero-order valence-corrected chi connectivity index (χ0v) is 15.7. The fourth-order valence-corrected chi connectivity index (χ4v) is 2.73. The van der Waals surface area contributed by atoms with Crippen LogP contribution in [-0.4, -0.2) is 47.4 Å². The summed E-state index contributed by atoms with van der Waals surface area (Å²) in [7, 11) is 1.57. The molecule has 148 valence electrons. The lowest BCUT2D eigenvalue weighted by atomic mass is 10.1. The average Bonchev–Trinajstić information content (AvgIpc) is 3.02. The van der Waals surface area contributed by atoms with E-state index in [0.29, 0.717) is 31.0 Å². The number of carbonyl (C=O) groups excluding carboxylic acids is 1. The first-order valence-corrected chi connectivity index (χ1v) is 8.80. The summed E-state index contributed by atoms with van der Waals surface area (Å²) in [5.41, 5.74) is 0.378. The van der Waals surface area contributed by atoms with Crippen molar-refractivity contribution in [3.63, 3.8) is 0 Å². The maximum absolute atomic E-state index is 13.0. The van der Waals surface area contributed by atoms with Crippen LogP contribution in [0.3, 0.4) is 0 Å². The lowest BCUT2D eigenvalue weighted by Crippen LogP contribution is -2.35. The number of alkyl halides is 3. The summed E-state index contributed by atoms with van der Waals surface area (Å²) < 4.78 is 45.3. The van der Waals surface area contributed by atoms with Gasteiger partial charge in [-0.05, 0) is 31.5 Å². The molecule has 2 rings (SSSR count). The molecule has 0 atom stereocenters. The van der Waals surface area contributed by atoms with Crippen molar-refractivity contribution < 1.29 is 22.7 Å². The van der Waals surface area contributed by atoms with Crippen molar-refractivity contribution in [1.29, 1.82) is 0 Å². The molecule has 2 aromatic rings. The molecule has 0 fully saturated rings. The third-order valence-corrected chi connectivity index (χ3v) is 4.29. The van der Waals surface area contributed by atoms with Crippen LogP contribution >= 0.6 is 0 Å². The fraction of sp³-hybridized carbons (Fsp3) is 0.474. The van der Waals surface area contributed by atoms with Crippen molar-refractivity contribution in [1.82, 2.24) is 14.7 Å². The van der Waals surface area contributed by atoms with E-state index in [4.69, 9.17) is 4.74 Å². The van der Waals surface area contributed by atoms with E-state index < -0.39 is 11.7 Å². The number of methoxy groups -OCH3 is 1. The van der Waals surface area contributed by atoms with Crippen molar-refractivity contribution in [3.05, 3.63) is 47.3 Å². The number of carbonyl (C=O) groups is 1. The highest BCUT2D eigenvalue weighted by atomic mass is 19.4. The number of benzene rings is 1. The Labute approximate surface area is 156 Å². The minimum atomic E-state index is -4.44. The van der Waals surface area contributed by atoms with Gasteiger partial charge in [0, 0.05) is 20.2 Å². The Kier molecular flexibility index (Phi) is 7.01. The Balaban J connectivity index is 2.31. The molecule has 0 saturated heterocycles.